The summed E-state index contributed by atoms with van der Waals surface area (Å²) in [6, 6.07) is 10.8. The van der Waals surface area contributed by atoms with Gasteiger partial charge in [0.05, 0.1) is 19.9 Å². The number of carbonyl (C=O) groups is 1. The molecule has 0 saturated heterocycles. The summed E-state index contributed by atoms with van der Waals surface area (Å²) in [7, 11) is 3.14. The summed E-state index contributed by atoms with van der Waals surface area (Å²) < 4.78 is 16.1. The van der Waals surface area contributed by atoms with E-state index in [1.165, 1.54) is 0 Å². The molecule has 0 aromatic heterocycles. The first-order valence-corrected chi connectivity index (χ1v) is 7.43. The molecule has 5 heteroatoms. The molecule has 3 rings (SSSR count). The van der Waals surface area contributed by atoms with Gasteiger partial charge in [0.2, 0.25) is 0 Å². The molecule has 1 N–H and O–H groups in total. The first-order chi connectivity index (χ1) is 11.1. The summed E-state index contributed by atoms with van der Waals surface area (Å²) in [5, 5.41) is 2.87. The van der Waals surface area contributed by atoms with Crippen LogP contribution in [0.3, 0.4) is 0 Å². The van der Waals surface area contributed by atoms with Crippen LogP contribution in [0.25, 0.3) is 0 Å². The van der Waals surface area contributed by atoms with E-state index in [9.17, 15) is 4.79 Å². The zero-order valence-electron chi connectivity index (χ0n) is 13.4. The second-order valence-electron chi connectivity index (χ2n) is 5.48. The molecule has 0 saturated carbocycles. The first-order valence-electron chi connectivity index (χ1n) is 7.43. The molecule has 1 amide bonds. The maximum atomic E-state index is 12.5. The highest BCUT2D eigenvalue weighted by atomic mass is 16.5. The molecular weight excluding hydrogens is 294 g/mol. The number of anilines is 1. The van der Waals surface area contributed by atoms with Crippen molar-refractivity contribution >= 4 is 11.6 Å². The van der Waals surface area contributed by atoms with Crippen LogP contribution in [-0.4, -0.2) is 26.2 Å². The van der Waals surface area contributed by atoms with E-state index in [0.717, 1.165) is 17.7 Å². The van der Waals surface area contributed by atoms with E-state index in [1.807, 2.05) is 19.1 Å². The van der Waals surface area contributed by atoms with Crippen molar-refractivity contribution in [2.24, 2.45) is 0 Å². The first kappa shape index (κ1) is 15.2. The standard InChI is InChI=1S/C18H19NO4/c1-11-8-13-9-12(4-6-16(13)23-11)18(20)19-15-10-14(21-2)5-7-17(15)22-3/h4-7,9-11H,8H2,1-3H3,(H,19,20)/t11-/m1/s1. The van der Waals surface area contributed by atoms with Crippen molar-refractivity contribution in [3.05, 3.63) is 47.5 Å². The minimum Gasteiger partial charge on any atom is -0.497 e. The fraction of sp³-hybridized carbons (Fsp3) is 0.278. The fourth-order valence-corrected chi connectivity index (χ4v) is 2.67. The van der Waals surface area contributed by atoms with Gasteiger partial charge in [0, 0.05) is 18.1 Å². The largest absolute Gasteiger partial charge is 0.497 e. The summed E-state index contributed by atoms with van der Waals surface area (Å²) in [4.78, 5) is 12.5. The topological polar surface area (TPSA) is 56.8 Å². The molecule has 1 aliphatic rings. The Kier molecular flexibility index (Phi) is 4.10. The van der Waals surface area contributed by atoms with Crippen LogP contribution in [0.4, 0.5) is 5.69 Å². The Labute approximate surface area is 135 Å². The van der Waals surface area contributed by atoms with E-state index in [0.29, 0.717) is 22.7 Å². The van der Waals surface area contributed by atoms with Crippen LogP contribution in [0.15, 0.2) is 36.4 Å². The van der Waals surface area contributed by atoms with E-state index >= 15 is 0 Å². The molecule has 5 nitrogen and oxygen atoms in total. The highest BCUT2D eigenvalue weighted by Crippen LogP contribution is 2.31. The summed E-state index contributed by atoms with van der Waals surface area (Å²) in [5.74, 6) is 1.89. The van der Waals surface area contributed by atoms with Gasteiger partial charge in [0.1, 0.15) is 23.4 Å². The Bertz CT molecular complexity index is 742. The zero-order chi connectivity index (χ0) is 16.4. The van der Waals surface area contributed by atoms with Gasteiger partial charge in [-0.05, 0) is 42.8 Å². The van der Waals surface area contributed by atoms with Crippen LogP contribution in [-0.2, 0) is 6.42 Å². The Morgan fingerprint density at radius 3 is 2.74 bits per heavy atom. The lowest BCUT2D eigenvalue weighted by Gasteiger charge is -2.12. The number of methoxy groups -OCH3 is 2. The number of ether oxygens (including phenoxy) is 3. The average molecular weight is 313 g/mol. The van der Waals surface area contributed by atoms with Gasteiger partial charge in [-0.1, -0.05) is 0 Å². The molecule has 0 unspecified atom stereocenters. The van der Waals surface area contributed by atoms with Crippen molar-refractivity contribution in [1.29, 1.82) is 0 Å². The van der Waals surface area contributed by atoms with Crippen molar-refractivity contribution in [3.63, 3.8) is 0 Å². The van der Waals surface area contributed by atoms with Gasteiger partial charge >= 0.3 is 0 Å². The summed E-state index contributed by atoms with van der Waals surface area (Å²) in [5.41, 5.74) is 2.22. The number of fused-ring (bicyclic) bond motifs is 1. The number of benzene rings is 2. The Hall–Kier alpha value is -2.69. The number of hydrogen-bond donors (Lipinski definition) is 1. The van der Waals surface area contributed by atoms with Gasteiger partial charge < -0.3 is 19.5 Å². The van der Waals surface area contributed by atoms with Crippen molar-refractivity contribution in [2.75, 3.05) is 19.5 Å². The molecular formula is C18H19NO4. The van der Waals surface area contributed by atoms with Gasteiger partial charge in [-0.25, -0.2) is 0 Å². The molecule has 0 aliphatic carbocycles. The highest BCUT2D eigenvalue weighted by Gasteiger charge is 2.20. The number of carbonyl (C=O) groups excluding carboxylic acids is 1. The van der Waals surface area contributed by atoms with Crippen molar-refractivity contribution in [3.8, 4) is 17.2 Å². The highest BCUT2D eigenvalue weighted by molar-refractivity contribution is 6.05. The second kappa shape index (κ2) is 6.20. The molecule has 23 heavy (non-hydrogen) atoms. The predicted octanol–water partition coefficient (Wildman–Crippen LogP) is 3.28. The van der Waals surface area contributed by atoms with Crippen LogP contribution in [0.2, 0.25) is 0 Å². The van der Waals surface area contributed by atoms with Crippen LogP contribution in [0.5, 0.6) is 17.2 Å². The zero-order valence-corrected chi connectivity index (χ0v) is 13.4. The summed E-state index contributed by atoms with van der Waals surface area (Å²) in [6.07, 6.45) is 0.973. The molecule has 1 aliphatic heterocycles. The third kappa shape index (κ3) is 3.08. The lowest BCUT2D eigenvalue weighted by atomic mass is 10.1. The van der Waals surface area contributed by atoms with Gasteiger partial charge in [-0.15, -0.1) is 0 Å². The fourth-order valence-electron chi connectivity index (χ4n) is 2.67. The lowest BCUT2D eigenvalue weighted by molar-refractivity contribution is 0.102. The Balaban J connectivity index is 1.84. The molecule has 2 aromatic rings. The van der Waals surface area contributed by atoms with Gasteiger partial charge in [0.15, 0.2) is 0 Å². The molecule has 2 aromatic carbocycles. The van der Waals surface area contributed by atoms with Gasteiger partial charge in [0.25, 0.3) is 5.91 Å². The summed E-state index contributed by atoms with van der Waals surface area (Å²) >= 11 is 0. The SMILES string of the molecule is COc1ccc(OC)c(NC(=O)c2ccc3c(c2)C[C@@H](C)O3)c1. The van der Waals surface area contributed by atoms with E-state index in [4.69, 9.17) is 14.2 Å². The molecule has 0 fully saturated rings. The molecule has 1 heterocycles. The van der Waals surface area contributed by atoms with E-state index in [1.54, 1.807) is 38.5 Å². The number of nitrogens with one attached hydrogen (secondary N) is 1. The number of amides is 1. The average Bonchev–Trinajstić information content (AvgIpc) is 2.93. The maximum Gasteiger partial charge on any atom is 0.255 e. The van der Waals surface area contributed by atoms with Crippen molar-refractivity contribution in [2.45, 2.75) is 19.4 Å². The third-order valence-corrected chi connectivity index (χ3v) is 3.81. The number of rotatable bonds is 4. The predicted molar refractivity (Wildman–Crippen MR) is 87.7 cm³/mol. The van der Waals surface area contributed by atoms with E-state index < -0.39 is 0 Å². The van der Waals surface area contributed by atoms with Crippen LogP contribution in [0.1, 0.15) is 22.8 Å². The van der Waals surface area contributed by atoms with Gasteiger partial charge in [-0.3, -0.25) is 4.79 Å². The molecule has 0 spiro atoms. The van der Waals surface area contributed by atoms with Crippen LogP contribution >= 0.6 is 0 Å². The molecule has 0 radical (unpaired) electrons. The summed E-state index contributed by atoms with van der Waals surface area (Å²) in [6.45, 7) is 2.01. The molecule has 0 bridgehead atoms. The normalized spacial score (nSPS) is 15.5. The second-order valence-corrected chi connectivity index (χ2v) is 5.48. The minimum absolute atomic E-state index is 0.154. The van der Waals surface area contributed by atoms with Crippen LogP contribution < -0.4 is 19.5 Å². The quantitative estimate of drug-likeness (QED) is 0.941. The smallest absolute Gasteiger partial charge is 0.255 e. The van der Waals surface area contributed by atoms with Gasteiger partial charge in [-0.2, -0.15) is 0 Å². The lowest BCUT2D eigenvalue weighted by Crippen LogP contribution is -2.13. The maximum absolute atomic E-state index is 12.5. The van der Waals surface area contributed by atoms with Crippen LogP contribution in [0, 0.1) is 0 Å². The minimum atomic E-state index is -0.195. The van der Waals surface area contributed by atoms with E-state index in [-0.39, 0.29) is 12.0 Å². The van der Waals surface area contributed by atoms with E-state index in [2.05, 4.69) is 5.32 Å². The molecule has 1 atom stereocenters. The van der Waals surface area contributed by atoms with Crippen molar-refractivity contribution in [1.82, 2.24) is 0 Å². The Morgan fingerprint density at radius 1 is 1.17 bits per heavy atom. The third-order valence-electron chi connectivity index (χ3n) is 3.81. The number of hydrogen-bond acceptors (Lipinski definition) is 4. The van der Waals surface area contributed by atoms with Crippen molar-refractivity contribution < 1.29 is 19.0 Å². The molecule has 120 valence electrons. The Morgan fingerprint density at radius 2 is 2.00 bits per heavy atom. The monoisotopic (exact) mass is 313 g/mol.